The number of aromatic nitrogens is 1. The van der Waals surface area contributed by atoms with Crippen LogP contribution in [0.4, 0.5) is 5.69 Å². The minimum absolute atomic E-state index is 0.0347. The zero-order valence-electron chi connectivity index (χ0n) is 7.06. The number of carbonyl (C=O) groups is 1. The largest absolute Gasteiger partial charge is 0.490 e. The standard InChI is InChI=1S/C7H9BN2O3/c1-4(11)7-5(8(12)13)2-10-3-6(7)9/h2-3,12-13H,9H2,1H3. The number of pyridine rings is 1. The molecule has 0 fully saturated rings. The van der Waals surface area contributed by atoms with E-state index in [-0.39, 0.29) is 22.5 Å². The number of Topliss-reactive ketones (excluding diaryl/α,β-unsaturated/α-hetero) is 1. The molecule has 6 heteroatoms. The van der Waals surface area contributed by atoms with Crippen molar-refractivity contribution in [1.82, 2.24) is 4.98 Å². The second-order valence-corrected chi connectivity index (χ2v) is 2.62. The second-order valence-electron chi connectivity index (χ2n) is 2.62. The molecule has 13 heavy (non-hydrogen) atoms. The first-order chi connectivity index (χ1) is 6.04. The summed E-state index contributed by atoms with van der Waals surface area (Å²) in [6.45, 7) is 1.30. The first-order valence-corrected chi connectivity index (χ1v) is 3.64. The lowest BCUT2D eigenvalue weighted by Gasteiger charge is -2.07. The van der Waals surface area contributed by atoms with Crippen molar-refractivity contribution in [3.63, 3.8) is 0 Å². The van der Waals surface area contributed by atoms with Gasteiger partial charge in [0.2, 0.25) is 0 Å². The Labute approximate surface area is 75.4 Å². The highest BCUT2D eigenvalue weighted by Gasteiger charge is 2.20. The third-order valence-corrected chi connectivity index (χ3v) is 1.63. The molecule has 1 rings (SSSR count). The molecule has 1 heterocycles. The molecule has 0 saturated carbocycles. The summed E-state index contributed by atoms with van der Waals surface area (Å²) in [6.07, 6.45) is 2.50. The summed E-state index contributed by atoms with van der Waals surface area (Å²) in [4.78, 5) is 14.7. The number of nitrogen functional groups attached to an aromatic ring is 1. The molecule has 0 atom stereocenters. The molecule has 0 aromatic carbocycles. The quantitative estimate of drug-likeness (QED) is 0.382. The molecule has 0 aliphatic carbocycles. The average Bonchev–Trinajstić information content (AvgIpc) is 2.02. The van der Waals surface area contributed by atoms with Crippen molar-refractivity contribution in [2.24, 2.45) is 0 Å². The Morgan fingerprint density at radius 1 is 1.54 bits per heavy atom. The SMILES string of the molecule is CC(=O)c1c(N)cncc1B(O)O. The van der Waals surface area contributed by atoms with E-state index in [4.69, 9.17) is 15.8 Å². The van der Waals surface area contributed by atoms with Crippen LogP contribution >= 0.6 is 0 Å². The molecular weight excluding hydrogens is 171 g/mol. The van der Waals surface area contributed by atoms with Gasteiger partial charge in [-0.1, -0.05) is 0 Å². The minimum Gasteiger partial charge on any atom is -0.423 e. The molecule has 0 saturated heterocycles. The molecule has 0 radical (unpaired) electrons. The number of ketones is 1. The second kappa shape index (κ2) is 3.55. The summed E-state index contributed by atoms with van der Waals surface area (Å²) in [6, 6.07) is 0. The fourth-order valence-corrected chi connectivity index (χ4v) is 1.10. The molecule has 0 aliphatic rings. The number of rotatable bonds is 2. The van der Waals surface area contributed by atoms with Crippen molar-refractivity contribution in [3.8, 4) is 0 Å². The third-order valence-electron chi connectivity index (χ3n) is 1.63. The summed E-state index contributed by atoms with van der Waals surface area (Å²) >= 11 is 0. The molecule has 1 aromatic rings. The molecule has 0 aliphatic heterocycles. The number of hydrogen-bond acceptors (Lipinski definition) is 5. The zero-order chi connectivity index (χ0) is 10.0. The third kappa shape index (κ3) is 1.85. The Morgan fingerprint density at radius 2 is 2.15 bits per heavy atom. The van der Waals surface area contributed by atoms with Gasteiger partial charge in [-0.15, -0.1) is 0 Å². The average molecular weight is 180 g/mol. The van der Waals surface area contributed by atoms with E-state index in [0.29, 0.717) is 0 Å². The van der Waals surface area contributed by atoms with Crippen LogP contribution in [-0.2, 0) is 0 Å². The van der Waals surface area contributed by atoms with Gasteiger partial charge in [-0.2, -0.15) is 0 Å². The highest BCUT2D eigenvalue weighted by Crippen LogP contribution is 2.07. The number of nitrogens with two attached hydrogens (primary N) is 1. The Hall–Kier alpha value is -1.40. The van der Waals surface area contributed by atoms with E-state index >= 15 is 0 Å². The molecule has 0 unspecified atom stereocenters. The van der Waals surface area contributed by atoms with Crippen molar-refractivity contribution in [3.05, 3.63) is 18.0 Å². The summed E-state index contributed by atoms with van der Waals surface area (Å²) in [5, 5.41) is 17.8. The van der Waals surface area contributed by atoms with Crippen molar-refractivity contribution in [2.45, 2.75) is 6.92 Å². The van der Waals surface area contributed by atoms with Gasteiger partial charge in [-0.3, -0.25) is 9.78 Å². The maximum absolute atomic E-state index is 11.1. The van der Waals surface area contributed by atoms with Gasteiger partial charge in [0.05, 0.1) is 11.9 Å². The smallest absolute Gasteiger partial charge is 0.423 e. The Balaban J connectivity index is 3.34. The maximum atomic E-state index is 11.1. The summed E-state index contributed by atoms with van der Waals surface area (Å²) in [5.41, 5.74) is 5.76. The molecule has 68 valence electrons. The lowest BCUT2D eigenvalue weighted by atomic mass is 9.77. The van der Waals surface area contributed by atoms with Gasteiger partial charge < -0.3 is 15.8 Å². The van der Waals surface area contributed by atoms with E-state index in [1.165, 1.54) is 19.3 Å². The zero-order valence-corrected chi connectivity index (χ0v) is 7.06. The normalized spacial score (nSPS) is 9.77. The van der Waals surface area contributed by atoms with Crippen LogP contribution in [0.15, 0.2) is 12.4 Å². The number of hydrogen-bond donors (Lipinski definition) is 3. The molecule has 0 amide bonds. The Bertz CT molecular complexity index is 341. The van der Waals surface area contributed by atoms with Gasteiger partial charge in [-0.05, 0) is 6.92 Å². The predicted molar refractivity (Wildman–Crippen MR) is 48.5 cm³/mol. The number of anilines is 1. The topological polar surface area (TPSA) is 96.4 Å². The van der Waals surface area contributed by atoms with Crippen LogP contribution in [0.1, 0.15) is 17.3 Å². The predicted octanol–water partition coefficient (Wildman–Crippen LogP) is -1.45. The first-order valence-electron chi connectivity index (χ1n) is 3.64. The van der Waals surface area contributed by atoms with Crippen LogP contribution < -0.4 is 11.2 Å². The lowest BCUT2D eigenvalue weighted by molar-refractivity contribution is 0.101. The highest BCUT2D eigenvalue weighted by molar-refractivity contribution is 6.60. The van der Waals surface area contributed by atoms with E-state index in [2.05, 4.69) is 4.98 Å². The van der Waals surface area contributed by atoms with Gasteiger partial charge in [0.15, 0.2) is 5.78 Å². The monoisotopic (exact) mass is 180 g/mol. The first kappa shape index (κ1) is 9.69. The molecule has 5 nitrogen and oxygen atoms in total. The summed E-state index contributed by atoms with van der Waals surface area (Å²) < 4.78 is 0. The fraction of sp³-hybridized carbons (Fsp3) is 0.143. The van der Waals surface area contributed by atoms with Gasteiger partial charge in [0, 0.05) is 17.2 Å². The van der Waals surface area contributed by atoms with Crippen molar-refractivity contribution < 1.29 is 14.8 Å². The van der Waals surface area contributed by atoms with E-state index in [1.54, 1.807) is 0 Å². The van der Waals surface area contributed by atoms with E-state index in [0.717, 1.165) is 0 Å². The number of carbonyl (C=O) groups excluding carboxylic acids is 1. The molecule has 1 aromatic heterocycles. The van der Waals surface area contributed by atoms with E-state index in [1.807, 2.05) is 0 Å². The Kier molecular flexibility index (Phi) is 2.65. The molecular formula is C7H9BN2O3. The highest BCUT2D eigenvalue weighted by atomic mass is 16.4. The number of nitrogens with zero attached hydrogens (tertiary/aromatic N) is 1. The van der Waals surface area contributed by atoms with Gasteiger partial charge >= 0.3 is 7.12 Å². The van der Waals surface area contributed by atoms with Crippen LogP contribution in [-0.4, -0.2) is 27.9 Å². The fourth-order valence-electron chi connectivity index (χ4n) is 1.10. The molecule has 4 N–H and O–H groups in total. The van der Waals surface area contributed by atoms with Crippen LogP contribution in [0, 0.1) is 0 Å². The summed E-state index contributed by atoms with van der Waals surface area (Å²) in [7, 11) is -1.73. The maximum Gasteiger partial charge on any atom is 0.490 e. The van der Waals surface area contributed by atoms with Gasteiger partial charge in [-0.25, -0.2) is 0 Å². The molecule has 0 spiro atoms. The van der Waals surface area contributed by atoms with Crippen LogP contribution in [0.25, 0.3) is 0 Å². The minimum atomic E-state index is -1.73. The summed E-state index contributed by atoms with van der Waals surface area (Å²) in [5.74, 6) is -0.317. The Morgan fingerprint density at radius 3 is 2.54 bits per heavy atom. The van der Waals surface area contributed by atoms with Crippen LogP contribution in [0.3, 0.4) is 0 Å². The molecule has 0 bridgehead atoms. The van der Waals surface area contributed by atoms with Gasteiger partial charge in [0.1, 0.15) is 0 Å². The van der Waals surface area contributed by atoms with Crippen molar-refractivity contribution >= 4 is 24.1 Å². The van der Waals surface area contributed by atoms with E-state index < -0.39 is 7.12 Å². The van der Waals surface area contributed by atoms with Crippen LogP contribution in [0.5, 0.6) is 0 Å². The van der Waals surface area contributed by atoms with E-state index in [9.17, 15) is 4.79 Å². The van der Waals surface area contributed by atoms with Crippen molar-refractivity contribution in [1.29, 1.82) is 0 Å². The van der Waals surface area contributed by atoms with Crippen molar-refractivity contribution in [2.75, 3.05) is 5.73 Å². The van der Waals surface area contributed by atoms with Crippen LogP contribution in [0.2, 0.25) is 0 Å². The van der Waals surface area contributed by atoms with Gasteiger partial charge in [0.25, 0.3) is 0 Å². The lowest BCUT2D eigenvalue weighted by Crippen LogP contribution is -2.35.